The molecule has 3 heterocycles. The maximum absolute atomic E-state index is 14.3. The van der Waals surface area contributed by atoms with Gasteiger partial charge in [0, 0.05) is 53.2 Å². The van der Waals surface area contributed by atoms with Crippen LogP contribution in [0.15, 0.2) is 53.9 Å². The number of amides is 3. The van der Waals surface area contributed by atoms with Crippen LogP contribution >= 0.6 is 11.3 Å². The van der Waals surface area contributed by atoms with E-state index in [1.807, 2.05) is 32.2 Å². The molecule has 3 amide bonds. The van der Waals surface area contributed by atoms with Crippen molar-refractivity contribution < 1.29 is 29.0 Å². The van der Waals surface area contributed by atoms with Crippen molar-refractivity contribution in [2.45, 2.75) is 40.2 Å². The fourth-order valence-corrected chi connectivity index (χ4v) is 6.20. The number of benzene rings is 2. The maximum atomic E-state index is 14.3. The van der Waals surface area contributed by atoms with Gasteiger partial charge >= 0.3 is 5.97 Å². The minimum absolute atomic E-state index is 0.0584. The first kappa shape index (κ1) is 33.3. The molecular weight excluding hydrogens is 618 g/mol. The van der Waals surface area contributed by atoms with Crippen LogP contribution in [-0.4, -0.2) is 53.5 Å². The molecule has 1 aliphatic rings. The fourth-order valence-electron chi connectivity index (χ4n) is 5.22. The van der Waals surface area contributed by atoms with E-state index >= 15 is 0 Å². The van der Waals surface area contributed by atoms with Crippen molar-refractivity contribution in [1.82, 2.24) is 15.6 Å². The molecule has 0 radical (unpaired) electrons. The van der Waals surface area contributed by atoms with Gasteiger partial charge < -0.3 is 31.5 Å². The number of thiophene rings is 1. The Labute approximate surface area is 276 Å². The monoisotopic (exact) mass is 655 g/mol. The molecule has 1 aliphatic heterocycles. The molecule has 0 aliphatic carbocycles. The SMILES string of the molecule is CCCNC(=O)c1ccc(-c2cc3c(cc2C(=O)Nc2ccc(CN)cc2C(=O)NCC(C)C)-c2sccc2CCO3)c(C(=O)O)n1. The molecule has 244 valence electrons. The first-order valence-corrected chi connectivity index (χ1v) is 16.3. The van der Waals surface area contributed by atoms with E-state index in [-0.39, 0.29) is 52.0 Å². The number of rotatable bonds is 11. The average molecular weight is 656 g/mol. The Hall–Kier alpha value is -5.07. The van der Waals surface area contributed by atoms with Gasteiger partial charge in [0.05, 0.1) is 17.9 Å². The van der Waals surface area contributed by atoms with Gasteiger partial charge in [-0.2, -0.15) is 0 Å². The lowest BCUT2D eigenvalue weighted by molar-refractivity contribution is 0.0690. The number of nitrogens with one attached hydrogen (secondary N) is 3. The molecule has 0 unspecified atom stereocenters. The third-order valence-corrected chi connectivity index (χ3v) is 8.61. The number of hydrogen-bond donors (Lipinski definition) is 5. The number of carboxylic acids is 1. The smallest absolute Gasteiger partial charge is 0.355 e. The summed E-state index contributed by atoms with van der Waals surface area (Å²) in [5, 5.41) is 20.7. The zero-order chi connectivity index (χ0) is 33.7. The van der Waals surface area contributed by atoms with Crippen LogP contribution < -0.4 is 26.4 Å². The number of carbonyl (C=O) groups is 4. The van der Waals surface area contributed by atoms with Gasteiger partial charge in [0.15, 0.2) is 5.69 Å². The zero-order valence-electron chi connectivity index (χ0n) is 26.4. The number of hydrogen-bond acceptors (Lipinski definition) is 8. The Bertz CT molecular complexity index is 1850. The first-order valence-electron chi connectivity index (χ1n) is 15.4. The standard InChI is InChI=1S/C35H37N5O6S/c1-4-11-37-34(43)28-8-6-22(30(39-28)35(44)45)23-16-29-26(31-21(9-12-46-29)10-13-47-31)15-24(23)33(42)40-27-7-5-20(17-36)14-25(27)32(41)38-18-19(2)3/h5-8,10,13-16,19H,4,9,11-12,17-18,36H2,1-3H3,(H,37,43)(H,38,41)(H,40,42)(H,44,45). The summed E-state index contributed by atoms with van der Waals surface area (Å²) < 4.78 is 6.11. The van der Waals surface area contributed by atoms with Crippen LogP contribution in [0.5, 0.6) is 5.75 Å². The largest absolute Gasteiger partial charge is 0.493 e. The number of nitrogens with two attached hydrogens (primary N) is 1. The Morgan fingerprint density at radius 3 is 2.49 bits per heavy atom. The molecular formula is C35H37N5O6S. The Morgan fingerprint density at radius 1 is 0.957 bits per heavy atom. The van der Waals surface area contributed by atoms with Gasteiger partial charge in [0.25, 0.3) is 17.7 Å². The highest BCUT2D eigenvalue weighted by Crippen LogP contribution is 2.43. The van der Waals surface area contributed by atoms with Crippen LogP contribution in [-0.2, 0) is 13.0 Å². The number of pyridine rings is 1. The van der Waals surface area contributed by atoms with Gasteiger partial charge in [-0.15, -0.1) is 11.3 Å². The van der Waals surface area contributed by atoms with E-state index in [9.17, 15) is 24.3 Å². The number of aromatic carboxylic acids is 1. The van der Waals surface area contributed by atoms with Crippen molar-refractivity contribution >= 4 is 40.7 Å². The van der Waals surface area contributed by atoms with Crippen LogP contribution in [0, 0.1) is 5.92 Å². The molecule has 0 fully saturated rings. The minimum Gasteiger partial charge on any atom is -0.493 e. The van der Waals surface area contributed by atoms with Gasteiger partial charge in [-0.25, -0.2) is 9.78 Å². The number of carbonyl (C=O) groups excluding carboxylic acids is 3. The number of anilines is 1. The highest BCUT2D eigenvalue weighted by molar-refractivity contribution is 7.13. The lowest BCUT2D eigenvalue weighted by Gasteiger charge is -2.18. The molecule has 5 rings (SSSR count). The predicted molar refractivity (Wildman–Crippen MR) is 181 cm³/mol. The molecule has 6 N–H and O–H groups in total. The van der Waals surface area contributed by atoms with Gasteiger partial charge in [-0.1, -0.05) is 26.8 Å². The lowest BCUT2D eigenvalue weighted by atomic mass is 9.93. The average Bonchev–Trinajstić information content (AvgIpc) is 3.46. The summed E-state index contributed by atoms with van der Waals surface area (Å²) >= 11 is 1.52. The quantitative estimate of drug-likeness (QED) is 0.144. The van der Waals surface area contributed by atoms with Crippen LogP contribution in [0.4, 0.5) is 5.69 Å². The van der Waals surface area contributed by atoms with Gasteiger partial charge in [-0.05, 0) is 71.3 Å². The molecule has 47 heavy (non-hydrogen) atoms. The molecule has 0 bridgehead atoms. The minimum atomic E-state index is -1.37. The maximum Gasteiger partial charge on any atom is 0.355 e. The summed E-state index contributed by atoms with van der Waals surface area (Å²) in [4.78, 5) is 57.8. The first-order chi connectivity index (χ1) is 22.6. The van der Waals surface area contributed by atoms with Crippen LogP contribution in [0.1, 0.15) is 80.0 Å². The molecule has 0 atom stereocenters. The predicted octanol–water partition coefficient (Wildman–Crippen LogP) is 5.35. The lowest BCUT2D eigenvalue weighted by Crippen LogP contribution is -2.29. The van der Waals surface area contributed by atoms with E-state index in [4.69, 9.17) is 10.5 Å². The Balaban J connectivity index is 1.65. The summed E-state index contributed by atoms with van der Waals surface area (Å²) in [5.41, 5.74) is 8.91. The fraction of sp³-hybridized carbons (Fsp3) is 0.286. The Morgan fingerprint density at radius 2 is 1.77 bits per heavy atom. The van der Waals surface area contributed by atoms with Gasteiger partial charge in [0.1, 0.15) is 11.4 Å². The van der Waals surface area contributed by atoms with Gasteiger partial charge in [-0.3, -0.25) is 14.4 Å². The second-order valence-corrected chi connectivity index (χ2v) is 12.5. The Kier molecular flexibility index (Phi) is 10.3. The molecule has 0 spiro atoms. The highest BCUT2D eigenvalue weighted by Gasteiger charge is 2.27. The second-order valence-electron chi connectivity index (χ2n) is 11.6. The molecule has 0 saturated carbocycles. The van der Waals surface area contributed by atoms with Crippen molar-refractivity contribution in [3.05, 3.63) is 87.6 Å². The van der Waals surface area contributed by atoms with Crippen LogP contribution in [0.3, 0.4) is 0 Å². The molecule has 12 heteroatoms. The molecule has 11 nitrogen and oxygen atoms in total. The second kappa shape index (κ2) is 14.6. The van der Waals surface area contributed by atoms with E-state index in [0.29, 0.717) is 49.4 Å². The van der Waals surface area contributed by atoms with Crippen molar-refractivity contribution in [3.63, 3.8) is 0 Å². The van der Waals surface area contributed by atoms with Crippen LogP contribution in [0.25, 0.3) is 21.6 Å². The third-order valence-electron chi connectivity index (χ3n) is 7.62. The number of aromatic nitrogens is 1. The van der Waals surface area contributed by atoms with E-state index < -0.39 is 23.5 Å². The van der Waals surface area contributed by atoms with Gasteiger partial charge in [0.2, 0.25) is 0 Å². The number of ether oxygens (including phenoxy) is 1. The number of nitrogens with zero attached hydrogens (tertiary/aromatic N) is 1. The third kappa shape index (κ3) is 7.34. The van der Waals surface area contributed by atoms with E-state index in [2.05, 4.69) is 20.9 Å². The van der Waals surface area contributed by atoms with Crippen molar-refractivity contribution in [1.29, 1.82) is 0 Å². The van der Waals surface area contributed by atoms with Crippen molar-refractivity contribution in [2.24, 2.45) is 11.7 Å². The summed E-state index contributed by atoms with van der Waals surface area (Å²) in [6.45, 7) is 7.30. The molecule has 2 aromatic carbocycles. The highest BCUT2D eigenvalue weighted by atomic mass is 32.1. The van der Waals surface area contributed by atoms with Crippen molar-refractivity contribution in [2.75, 3.05) is 25.0 Å². The van der Waals surface area contributed by atoms with E-state index in [1.54, 1.807) is 30.3 Å². The summed E-state index contributed by atoms with van der Waals surface area (Å²) in [6, 6.07) is 13.2. The topological polar surface area (TPSA) is 173 Å². The normalized spacial score (nSPS) is 11.9. The molecule has 0 saturated heterocycles. The van der Waals surface area contributed by atoms with E-state index in [0.717, 1.165) is 10.4 Å². The zero-order valence-corrected chi connectivity index (χ0v) is 27.3. The molecule has 2 aromatic heterocycles. The summed E-state index contributed by atoms with van der Waals surface area (Å²) in [5.74, 6) is -2.11. The summed E-state index contributed by atoms with van der Waals surface area (Å²) in [6.07, 6.45) is 1.36. The number of fused-ring (bicyclic) bond motifs is 3. The van der Waals surface area contributed by atoms with Crippen LogP contribution in [0.2, 0.25) is 0 Å². The number of carboxylic acid groups (broad SMARTS) is 1. The summed E-state index contributed by atoms with van der Waals surface area (Å²) in [7, 11) is 0. The van der Waals surface area contributed by atoms with Crippen molar-refractivity contribution in [3.8, 4) is 27.3 Å². The molecule has 4 aromatic rings. The van der Waals surface area contributed by atoms with E-state index in [1.165, 1.54) is 23.5 Å².